The number of carboxylic acid groups (broad SMARTS) is 1. The average Bonchev–Trinajstić information content (AvgIpc) is 1.31. The quantitative estimate of drug-likeness (QED) is 0.505. The summed E-state index contributed by atoms with van der Waals surface area (Å²) in [6.45, 7) is 0. The molecule has 0 atom stereocenters. The van der Waals surface area contributed by atoms with Crippen molar-refractivity contribution in [3.8, 4) is 0 Å². The first-order valence-corrected chi connectivity index (χ1v) is 3.62. The third-order valence-electron chi connectivity index (χ3n) is 0.243. The van der Waals surface area contributed by atoms with Crippen molar-refractivity contribution in [1.29, 1.82) is 0 Å². The van der Waals surface area contributed by atoms with Crippen molar-refractivity contribution in [2.75, 3.05) is 0 Å². The van der Waals surface area contributed by atoms with Gasteiger partial charge in [0.1, 0.15) is 0 Å². The second kappa shape index (κ2) is 4.38. The molecule has 1 N–H and O–H groups in total. The summed E-state index contributed by atoms with van der Waals surface area (Å²) in [5.41, 5.74) is 0. The molecule has 48 valence electrons. The molecule has 0 aromatic rings. The fourth-order valence-corrected chi connectivity index (χ4v) is 0. The Morgan fingerprint density at radius 3 is 1.50 bits per heavy atom. The van der Waals surface area contributed by atoms with Crippen LogP contribution in [0.5, 0.6) is 0 Å². The Kier molecular flexibility index (Phi) is 6.70. The van der Waals surface area contributed by atoms with E-state index in [9.17, 15) is 4.79 Å². The molecular weight excluding hydrogens is 365 g/mol. The van der Waals surface area contributed by atoms with Gasteiger partial charge in [-0.05, 0) is 47.8 Å². The van der Waals surface area contributed by atoms with Gasteiger partial charge in [-0.2, -0.15) is 0 Å². The summed E-state index contributed by atoms with van der Waals surface area (Å²) in [5.74, 6) is -1.01. The van der Waals surface area contributed by atoms with Gasteiger partial charge >= 0.3 is 25.8 Å². The van der Waals surface area contributed by atoms with Crippen LogP contribution in [0.15, 0.2) is 0 Å². The van der Waals surface area contributed by atoms with Crippen molar-refractivity contribution in [3.63, 3.8) is 0 Å². The third-order valence-corrected chi connectivity index (χ3v) is 1.26. The Balaban J connectivity index is 0. The molecule has 0 saturated carbocycles. The molecule has 0 aliphatic heterocycles. The Labute approximate surface area is 84.8 Å². The monoisotopic (exact) mass is 366 g/mol. The van der Waals surface area contributed by atoms with E-state index in [0.717, 1.165) is 0 Å². The molecule has 0 aliphatic carbocycles. The summed E-state index contributed by atoms with van der Waals surface area (Å²) < 4.78 is -1.15. The predicted molar refractivity (Wildman–Crippen MR) is 47.1 cm³/mol. The molecule has 0 spiro atoms. The summed E-state index contributed by atoms with van der Waals surface area (Å²) in [4.78, 5) is 9.88. The summed E-state index contributed by atoms with van der Waals surface area (Å²) >= 11 is 8.33. The van der Waals surface area contributed by atoms with Crippen LogP contribution in [0.25, 0.3) is 0 Å². The van der Waals surface area contributed by atoms with Crippen LogP contribution in [0.2, 0.25) is 0 Å². The van der Waals surface area contributed by atoms with E-state index >= 15 is 0 Å². The van der Waals surface area contributed by atoms with Crippen LogP contribution in [0.3, 0.4) is 0 Å². The molecule has 6 heteroatoms. The molecular formula is C2H4Br3GaO2. The van der Waals surface area contributed by atoms with E-state index in [1.54, 1.807) is 0 Å². The number of hydrogen-bond donors (Lipinski definition) is 1. The number of carbonyl (C=O) groups is 1. The zero-order valence-electron chi connectivity index (χ0n) is 2.99. The van der Waals surface area contributed by atoms with E-state index < -0.39 is 8.11 Å². The van der Waals surface area contributed by atoms with Crippen molar-refractivity contribution in [3.05, 3.63) is 0 Å². The van der Waals surface area contributed by atoms with Gasteiger partial charge in [0.25, 0.3) is 0 Å². The van der Waals surface area contributed by atoms with Crippen LogP contribution < -0.4 is 0 Å². The second-order valence-electron chi connectivity index (χ2n) is 0.803. The number of hydrogen-bond acceptors (Lipinski definition) is 1. The number of alkyl halides is 3. The molecule has 0 radical (unpaired) electrons. The Morgan fingerprint density at radius 1 is 1.38 bits per heavy atom. The van der Waals surface area contributed by atoms with Crippen LogP contribution >= 0.6 is 47.8 Å². The van der Waals surface area contributed by atoms with Gasteiger partial charge in [0.2, 0.25) is 2.14 Å². The predicted octanol–water partition coefficient (Wildman–Crippen LogP) is 0.726. The first-order chi connectivity index (χ1) is 2.94. The van der Waals surface area contributed by atoms with Crippen LogP contribution in [-0.4, -0.2) is 33.0 Å². The van der Waals surface area contributed by atoms with Crippen LogP contribution in [0, 0.1) is 0 Å². The molecule has 0 amide bonds. The Bertz CT molecular complexity index is 87.8. The van der Waals surface area contributed by atoms with Crippen LogP contribution in [0.4, 0.5) is 0 Å². The molecule has 2 nitrogen and oxygen atoms in total. The van der Waals surface area contributed by atoms with Crippen LogP contribution in [-0.2, 0) is 4.79 Å². The van der Waals surface area contributed by atoms with E-state index in [0.29, 0.717) is 0 Å². The zero-order chi connectivity index (χ0) is 6.08. The Hall–Kier alpha value is 1.55. The van der Waals surface area contributed by atoms with Crippen molar-refractivity contribution in [2.24, 2.45) is 0 Å². The van der Waals surface area contributed by atoms with Gasteiger partial charge in [0.15, 0.2) is 0 Å². The normalized spacial score (nSPS) is 9.88. The molecule has 8 heavy (non-hydrogen) atoms. The number of halogens is 3. The van der Waals surface area contributed by atoms with Crippen molar-refractivity contribution in [1.82, 2.24) is 0 Å². The Morgan fingerprint density at radius 2 is 1.50 bits per heavy atom. The summed E-state index contributed by atoms with van der Waals surface area (Å²) in [6, 6.07) is 0. The van der Waals surface area contributed by atoms with E-state index in [1.165, 1.54) is 0 Å². The molecule has 0 aromatic heterocycles. The molecule has 0 fully saturated rings. The molecule has 0 bridgehead atoms. The molecule has 0 heterocycles. The summed E-state index contributed by atoms with van der Waals surface area (Å²) in [5, 5.41) is 8.11. The summed E-state index contributed by atoms with van der Waals surface area (Å²) in [7, 11) is 0. The average molecular weight is 369 g/mol. The van der Waals surface area contributed by atoms with Gasteiger partial charge in [-0.15, -0.1) is 0 Å². The maximum atomic E-state index is 9.88. The molecule has 0 aromatic carbocycles. The van der Waals surface area contributed by atoms with Crippen molar-refractivity contribution >= 4 is 73.5 Å². The van der Waals surface area contributed by atoms with Gasteiger partial charge in [-0.25, -0.2) is 4.79 Å². The molecule has 0 saturated heterocycles. The van der Waals surface area contributed by atoms with Gasteiger partial charge < -0.3 is 5.11 Å². The number of carboxylic acids is 1. The first-order valence-electron chi connectivity index (χ1n) is 1.24. The molecule has 0 unspecified atom stereocenters. The number of aliphatic carboxylic acids is 1. The zero-order valence-corrected chi connectivity index (χ0v) is 7.75. The first kappa shape index (κ1) is 12.2. The van der Waals surface area contributed by atoms with Gasteiger partial charge in [0.05, 0.1) is 0 Å². The van der Waals surface area contributed by atoms with Gasteiger partial charge in [-0.3, -0.25) is 0 Å². The van der Waals surface area contributed by atoms with E-state index in [1.807, 2.05) is 0 Å². The fourth-order valence-electron chi connectivity index (χ4n) is 0. The van der Waals surface area contributed by atoms with Crippen molar-refractivity contribution in [2.45, 2.75) is 2.14 Å². The van der Waals surface area contributed by atoms with Crippen molar-refractivity contribution < 1.29 is 9.90 Å². The third kappa shape index (κ3) is 5.68. The van der Waals surface area contributed by atoms with Crippen LogP contribution in [0.1, 0.15) is 0 Å². The minimum atomic E-state index is -1.15. The molecule has 0 rings (SSSR count). The second-order valence-corrected chi connectivity index (χ2v) is 7.56. The van der Waals surface area contributed by atoms with Gasteiger partial charge in [0, 0.05) is 0 Å². The minimum absolute atomic E-state index is 0. The van der Waals surface area contributed by atoms with E-state index in [2.05, 4.69) is 47.8 Å². The van der Waals surface area contributed by atoms with E-state index in [4.69, 9.17) is 5.11 Å². The van der Waals surface area contributed by atoms with E-state index in [-0.39, 0.29) is 19.8 Å². The maximum absolute atomic E-state index is 9.88. The number of rotatable bonds is 0. The van der Waals surface area contributed by atoms with Gasteiger partial charge in [-0.1, -0.05) is 0 Å². The standard InChI is InChI=1S/C2HBr3O2.Ga.3H/c3-2(4,5)1(6)7;;;;/h(H,6,7);;;;. The fraction of sp³-hybridized carbons (Fsp3) is 0.500. The summed E-state index contributed by atoms with van der Waals surface area (Å²) in [6.07, 6.45) is 0. The molecule has 0 aliphatic rings. The SMILES string of the molecule is O=C(O)C(Br)(Br)Br.[GaH3]. The topological polar surface area (TPSA) is 37.3 Å².